The Kier molecular flexibility index (Phi) is 6.09. The molecule has 2 heterocycles. The molecule has 3 aromatic rings. The normalized spacial score (nSPS) is 14.2. The van der Waals surface area contributed by atoms with Crippen LogP contribution < -0.4 is 15.8 Å². The Balaban J connectivity index is 1.49. The fourth-order valence-electron chi connectivity index (χ4n) is 3.20. The van der Waals surface area contributed by atoms with Gasteiger partial charge in [-0.3, -0.25) is 4.79 Å². The molecule has 2 aromatic carbocycles. The predicted molar refractivity (Wildman–Crippen MR) is 115 cm³/mol. The van der Waals surface area contributed by atoms with Gasteiger partial charge in [0.25, 0.3) is 5.91 Å². The lowest BCUT2D eigenvalue weighted by Gasteiger charge is -2.25. The second-order valence-corrected chi connectivity index (χ2v) is 9.89. The van der Waals surface area contributed by atoms with Crippen LogP contribution >= 0.6 is 11.3 Å². The summed E-state index contributed by atoms with van der Waals surface area (Å²) in [7, 11) is -3.86. The number of nitrogens with zero attached hydrogens (tertiary/aromatic N) is 2. The summed E-state index contributed by atoms with van der Waals surface area (Å²) < 4.78 is 56.1. The molecule has 0 saturated heterocycles. The van der Waals surface area contributed by atoms with E-state index in [-0.39, 0.29) is 28.7 Å². The Labute approximate surface area is 186 Å². The highest BCUT2D eigenvalue weighted by atomic mass is 32.2. The van der Waals surface area contributed by atoms with Gasteiger partial charge < -0.3 is 15.8 Å². The zero-order valence-corrected chi connectivity index (χ0v) is 18.1. The molecule has 32 heavy (non-hydrogen) atoms. The molecule has 3 N–H and O–H groups in total. The number of sulfonamides is 1. The molecule has 0 spiro atoms. The van der Waals surface area contributed by atoms with Crippen LogP contribution in [0.5, 0.6) is 5.75 Å². The van der Waals surface area contributed by atoms with Crippen molar-refractivity contribution in [1.29, 1.82) is 0 Å². The number of carbonyl (C=O) groups is 1. The number of nitrogens with two attached hydrogens (primary N) is 1. The van der Waals surface area contributed by atoms with Crippen molar-refractivity contribution in [3.8, 4) is 5.75 Å². The first-order chi connectivity index (χ1) is 15.2. The highest BCUT2D eigenvalue weighted by Crippen LogP contribution is 2.30. The SMILES string of the molecule is Nc1ccccc1NC(=O)c1nc2c(s1)CN(S(=O)(=O)c1ccc(OC(F)F)cc1)CC2. The Morgan fingerprint density at radius 2 is 1.91 bits per heavy atom. The highest BCUT2D eigenvalue weighted by Gasteiger charge is 2.31. The second kappa shape index (κ2) is 8.81. The third-order valence-electron chi connectivity index (χ3n) is 4.79. The van der Waals surface area contributed by atoms with E-state index in [1.807, 2.05) is 0 Å². The number of ether oxygens (including phenoxy) is 1. The van der Waals surface area contributed by atoms with Gasteiger partial charge in [-0.15, -0.1) is 11.3 Å². The quantitative estimate of drug-likeness (QED) is 0.523. The minimum absolute atomic E-state index is 0.0374. The molecule has 1 aliphatic heterocycles. The van der Waals surface area contributed by atoms with Gasteiger partial charge in [0.2, 0.25) is 10.0 Å². The first-order valence-electron chi connectivity index (χ1n) is 9.43. The molecular weight excluding hydrogens is 462 g/mol. The molecule has 0 atom stereocenters. The van der Waals surface area contributed by atoms with Crippen molar-refractivity contribution in [2.75, 3.05) is 17.6 Å². The van der Waals surface area contributed by atoms with Gasteiger partial charge in [-0.25, -0.2) is 13.4 Å². The number of nitrogen functional groups attached to an aromatic ring is 1. The lowest BCUT2D eigenvalue weighted by molar-refractivity contribution is -0.0498. The molecule has 0 unspecified atom stereocenters. The van der Waals surface area contributed by atoms with Crippen LogP contribution in [0.25, 0.3) is 0 Å². The first-order valence-corrected chi connectivity index (χ1v) is 11.7. The number of hydrogen-bond acceptors (Lipinski definition) is 7. The molecule has 168 valence electrons. The molecule has 0 fully saturated rings. The van der Waals surface area contributed by atoms with Crippen LogP contribution in [-0.4, -0.2) is 36.8 Å². The van der Waals surface area contributed by atoms with E-state index in [1.54, 1.807) is 24.3 Å². The first kappa shape index (κ1) is 22.1. The number of carbonyl (C=O) groups excluding carboxylic acids is 1. The number of rotatable bonds is 6. The summed E-state index contributed by atoms with van der Waals surface area (Å²) in [5.41, 5.74) is 7.41. The molecule has 0 bridgehead atoms. The number of para-hydroxylation sites is 2. The molecule has 1 amide bonds. The van der Waals surface area contributed by atoms with E-state index in [9.17, 15) is 22.0 Å². The highest BCUT2D eigenvalue weighted by molar-refractivity contribution is 7.89. The van der Waals surface area contributed by atoms with E-state index in [4.69, 9.17) is 5.73 Å². The molecule has 4 rings (SSSR count). The van der Waals surface area contributed by atoms with Gasteiger partial charge in [-0.1, -0.05) is 12.1 Å². The van der Waals surface area contributed by atoms with Crippen molar-refractivity contribution in [2.24, 2.45) is 0 Å². The van der Waals surface area contributed by atoms with Gasteiger partial charge in [0.15, 0.2) is 5.01 Å². The molecule has 1 aromatic heterocycles. The number of hydrogen-bond donors (Lipinski definition) is 2. The van der Waals surface area contributed by atoms with Crippen molar-refractivity contribution in [1.82, 2.24) is 9.29 Å². The van der Waals surface area contributed by atoms with E-state index in [1.165, 1.54) is 28.6 Å². The zero-order valence-electron chi connectivity index (χ0n) is 16.5. The van der Waals surface area contributed by atoms with Gasteiger partial charge in [-0.2, -0.15) is 13.1 Å². The van der Waals surface area contributed by atoms with E-state index in [0.29, 0.717) is 28.4 Å². The summed E-state index contributed by atoms with van der Waals surface area (Å²) in [6, 6.07) is 11.6. The molecule has 1 aliphatic rings. The van der Waals surface area contributed by atoms with Crippen LogP contribution in [0.3, 0.4) is 0 Å². The number of aromatic nitrogens is 1. The van der Waals surface area contributed by atoms with Gasteiger partial charge in [0.05, 0.1) is 28.5 Å². The number of nitrogens with one attached hydrogen (secondary N) is 1. The van der Waals surface area contributed by atoms with E-state index in [2.05, 4.69) is 15.0 Å². The molecule has 0 radical (unpaired) electrons. The van der Waals surface area contributed by atoms with Gasteiger partial charge in [-0.05, 0) is 36.4 Å². The monoisotopic (exact) mass is 480 g/mol. The Morgan fingerprint density at radius 3 is 2.59 bits per heavy atom. The maximum Gasteiger partial charge on any atom is 0.387 e. The molecule has 8 nitrogen and oxygen atoms in total. The number of halogens is 2. The maximum atomic E-state index is 13.0. The van der Waals surface area contributed by atoms with Crippen molar-refractivity contribution in [2.45, 2.75) is 24.5 Å². The van der Waals surface area contributed by atoms with Crippen LogP contribution in [0.4, 0.5) is 20.2 Å². The minimum atomic E-state index is -3.86. The summed E-state index contributed by atoms with van der Waals surface area (Å²) in [5.74, 6) is -0.552. The number of thiazole rings is 1. The molecule has 12 heteroatoms. The van der Waals surface area contributed by atoms with Gasteiger partial charge >= 0.3 is 6.61 Å². The van der Waals surface area contributed by atoms with Crippen LogP contribution in [0, 0.1) is 0 Å². The van der Waals surface area contributed by atoms with Crippen LogP contribution in [-0.2, 0) is 23.0 Å². The molecule has 0 aliphatic carbocycles. The predicted octanol–water partition coefficient (Wildman–Crippen LogP) is 3.33. The minimum Gasteiger partial charge on any atom is -0.435 e. The molecule has 0 saturated carbocycles. The second-order valence-electron chi connectivity index (χ2n) is 6.87. The smallest absolute Gasteiger partial charge is 0.387 e. The van der Waals surface area contributed by atoms with E-state index >= 15 is 0 Å². The summed E-state index contributed by atoms with van der Waals surface area (Å²) in [6.07, 6.45) is 0.346. The number of alkyl halides is 2. The largest absolute Gasteiger partial charge is 0.435 e. The van der Waals surface area contributed by atoms with Crippen molar-refractivity contribution < 1.29 is 26.7 Å². The van der Waals surface area contributed by atoms with Crippen molar-refractivity contribution in [3.63, 3.8) is 0 Å². The summed E-state index contributed by atoms with van der Waals surface area (Å²) in [5, 5.41) is 2.92. The van der Waals surface area contributed by atoms with Crippen LogP contribution in [0.15, 0.2) is 53.4 Å². The maximum absolute atomic E-state index is 13.0. The summed E-state index contributed by atoms with van der Waals surface area (Å²) in [6.45, 7) is -2.75. The number of fused-ring (bicyclic) bond motifs is 1. The van der Waals surface area contributed by atoms with Gasteiger partial charge in [0.1, 0.15) is 5.75 Å². The fourth-order valence-corrected chi connectivity index (χ4v) is 5.71. The Morgan fingerprint density at radius 1 is 1.19 bits per heavy atom. The van der Waals surface area contributed by atoms with Crippen LogP contribution in [0.1, 0.15) is 20.4 Å². The topological polar surface area (TPSA) is 115 Å². The average Bonchev–Trinajstić information content (AvgIpc) is 3.19. The van der Waals surface area contributed by atoms with E-state index < -0.39 is 22.5 Å². The third kappa shape index (κ3) is 4.56. The lowest BCUT2D eigenvalue weighted by atomic mass is 10.2. The fraction of sp³-hybridized carbons (Fsp3) is 0.200. The number of anilines is 2. The van der Waals surface area contributed by atoms with Crippen molar-refractivity contribution in [3.05, 3.63) is 64.1 Å². The molecular formula is C20H18F2N4O4S2. The Hall–Kier alpha value is -3.09. The third-order valence-corrected chi connectivity index (χ3v) is 7.73. The van der Waals surface area contributed by atoms with Crippen LogP contribution in [0.2, 0.25) is 0 Å². The average molecular weight is 481 g/mol. The van der Waals surface area contributed by atoms with Crippen molar-refractivity contribution >= 4 is 38.6 Å². The lowest BCUT2D eigenvalue weighted by Crippen LogP contribution is -2.35. The summed E-state index contributed by atoms with van der Waals surface area (Å²) >= 11 is 1.12. The number of amides is 1. The van der Waals surface area contributed by atoms with Gasteiger partial charge in [0, 0.05) is 17.8 Å². The van der Waals surface area contributed by atoms with E-state index in [0.717, 1.165) is 11.3 Å². The summed E-state index contributed by atoms with van der Waals surface area (Å²) in [4.78, 5) is 17.6. The zero-order chi connectivity index (χ0) is 22.9. The number of benzene rings is 2. The standard InChI is InChI=1S/C20H18F2N4O4S2/c21-20(22)30-12-5-7-13(8-6-12)32(28,29)26-10-9-16-17(11-26)31-19(25-16)18(27)24-15-4-2-1-3-14(15)23/h1-8,20H,9-11,23H2,(H,24,27). The Bertz CT molecular complexity index is 1250.